The fraction of sp³-hybridized carbons (Fsp3) is 1.00. The van der Waals surface area contributed by atoms with Gasteiger partial charge in [-0.25, -0.2) is 0 Å². The van der Waals surface area contributed by atoms with E-state index >= 15 is 0 Å². The van der Waals surface area contributed by atoms with Crippen LogP contribution in [0.15, 0.2) is 0 Å². The van der Waals surface area contributed by atoms with E-state index in [1.54, 1.807) is 0 Å². The lowest BCUT2D eigenvalue weighted by molar-refractivity contribution is 0.145. The van der Waals surface area contributed by atoms with Crippen LogP contribution in [0.3, 0.4) is 0 Å². The Morgan fingerprint density at radius 3 is 1.74 bits per heavy atom. The lowest BCUT2D eigenvalue weighted by atomic mass is 10.6. The predicted molar refractivity (Wildman–Crippen MR) is 88.5 cm³/mol. The zero-order valence-corrected chi connectivity index (χ0v) is 15.2. The fourth-order valence-electron chi connectivity index (χ4n) is 1.74. The number of hydrogen-bond donors (Lipinski definition) is 1. The van der Waals surface area contributed by atoms with Crippen LogP contribution >= 0.6 is 12.6 Å². The molecule has 0 fully saturated rings. The third kappa shape index (κ3) is 9.87. The van der Waals surface area contributed by atoms with Crippen LogP contribution in [0.25, 0.3) is 0 Å². The maximum absolute atomic E-state index is 6.20. The van der Waals surface area contributed by atoms with Gasteiger partial charge in [0.2, 0.25) is 0 Å². The van der Waals surface area contributed by atoms with Gasteiger partial charge in [-0.3, -0.25) is 0 Å². The van der Waals surface area contributed by atoms with Gasteiger partial charge in [-0.05, 0) is 52.5 Å². The zero-order chi connectivity index (χ0) is 14.7. The molecule has 0 atom stereocenters. The first-order valence-corrected chi connectivity index (χ1v) is 10.0. The average Bonchev–Trinajstić information content (AvgIpc) is 2.34. The van der Waals surface area contributed by atoms with Gasteiger partial charge in [0, 0.05) is 26.3 Å². The van der Waals surface area contributed by atoms with Gasteiger partial charge in [-0.2, -0.15) is 12.6 Å². The standard InChI is InChI=1S/C13H32N2O2SSi/c1-6-19(13-7-12-18,16-10-8-14(2)3)17-11-9-15(4)5/h18H,6-13H2,1-5H3. The Labute approximate surface area is 126 Å². The van der Waals surface area contributed by atoms with Gasteiger partial charge in [-0.15, -0.1) is 0 Å². The third-order valence-electron chi connectivity index (χ3n) is 3.06. The van der Waals surface area contributed by atoms with Gasteiger partial charge in [0.25, 0.3) is 0 Å². The van der Waals surface area contributed by atoms with Crippen molar-refractivity contribution in [2.45, 2.75) is 25.4 Å². The van der Waals surface area contributed by atoms with E-state index in [4.69, 9.17) is 8.85 Å². The highest BCUT2D eigenvalue weighted by Crippen LogP contribution is 2.21. The molecule has 0 N–H and O–H groups in total. The second-order valence-electron chi connectivity index (χ2n) is 5.39. The Balaban J connectivity index is 4.31. The maximum atomic E-state index is 6.20. The van der Waals surface area contributed by atoms with E-state index in [-0.39, 0.29) is 0 Å². The summed E-state index contributed by atoms with van der Waals surface area (Å²) in [5, 5.41) is 0. The second kappa shape index (κ2) is 11.1. The molecule has 0 aliphatic carbocycles. The summed E-state index contributed by atoms with van der Waals surface area (Å²) in [7, 11) is 6.25. The largest absolute Gasteiger partial charge is 0.393 e. The van der Waals surface area contributed by atoms with E-state index in [0.717, 1.165) is 50.6 Å². The minimum absolute atomic E-state index is 0.765. The molecule has 116 valence electrons. The van der Waals surface area contributed by atoms with E-state index in [0.29, 0.717) is 0 Å². The van der Waals surface area contributed by atoms with Crippen LogP contribution in [0, 0.1) is 0 Å². The summed E-state index contributed by atoms with van der Waals surface area (Å²) >= 11 is 4.31. The van der Waals surface area contributed by atoms with E-state index in [2.05, 4.69) is 57.5 Å². The quantitative estimate of drug-likeness (QED) is 0.440. The molecule has 6 heteroatoms. The summed E-state index contributed by atoms with van der Waals surface area (Å²) in [5.41, 5.74) is 0. The summed E-state index contributed by atoms with van der Waals surface area (Å²) in [6, 6.07) is 2.06. The molecule has 0 heterocycles. The molecule has 0 amide bonds. The van der Waals surface area contributed by atoms with Gasteiger partial charge in [0.1, 0.15) is 0 Å². The molecule has 0 rings (SSSR count). The van der Waals surface area contributed by atoms with Gasteiger partial charge in [-0.1, -0.05) is 6.92 Å². The predicted octanol–water partition coefficient (Wildman–Crippen LogP) is 1.92. The molecule has 0 saturated heterocycles. The van der Waals surface area contributed by atoms with Crippen molar-refractivity contribution in [2.75, 3.05) is 60.2 Å². The number of rotatable bonds is 12. The van der Waals surface area contributed by atoms with Crippen molar-refractivity contribution < 1.29 is 8.85 Å². The highest BCUT2D eigenvalue weighted by molar-refractivity contribution is 7.80. The summed E-state index contributed by atoms with van der Waals surface area (Å²) in [5.74, 6) is 0.906. The molecule has 0 spiro atoms. The van der Waals surface area contributed by atoms with Crippen LogP contribution in [0.1, 0.15) is 13.3 Å². The molecule has 0 aromatic rings. The molecular weight excluding hydrogens is 276 g/mol. The van der Waals surface area contributed by atoms with Gasteiger partial charge < -0.3 is 18.7 Å². The first-order chi connectivity index (χ1) is 8.95. The average molecular weight is 309 g/mol. The van der Waals surface area contributed by atoms with E-state index in [1.807, 2.05) is 0 Å². The molecule has 0 bridgehead atoms. The topological polar surface area (TPSA) is 24.9 Å². The molecule has 0 aromatic heterocycles. The van der Waals surface area contributed by atoms with Crippen molar-refractivity contribution in [3.05, 3.63) is 0 Å². The van der Waals surface area contributed by atoms with Crippen LogP contribution in [0.5, 0.6) is 0 Å². The van der Waals surface area contributed by atoms with Gasteiger partial charge >= 0.3 is 8.56 Å². The lowest BCUT2D eigenvalue weighted by Gasteiger charge is -2.31. The Bertz CT molecular complexity index is 205. The van der Waals surface area contributed by atoms with E-state index < -0.39 is 8.56 Å². The van der Waals surface area contributed by atoms with Crippen molar-refractivity contribution >= 4 is 21.2 Å². The van der Waals surface area contributed by atoms with Crippen molar-refractivity contribution in [2.24, 2.45) is 0 Å². The molecule has 0 aliphatic heterocycles. The van der Waals surface area contributed by atoms with Crippen molar-refractivity contribution in [3.8, 4) is 0 Å². The van der Waals surface area contributed by atoms with Crippen LogP contribution in [-0.4, -0.2) is 78.6 Å². The highest BCUT2D eigenvalue weighted by atomic mass is 32.1. The van der Waals surface area contributed by atoms with Crippen molar-refractivity contribution in [3.63, 3.8) is 0 Å². The fourth-order valence-corrected chi connectivity index (χ4v) is 4.98. The SMILES string of the molecule is CC[Si](CCCS)(OCCN(C)C)OCCN(C)C. The second-order valence-corrected chi connectivity index (χ2v) is 9.45. The Hall–Kier alpha value is 0.407. The first-order valence-electron chi connectivity index (χ1n) is 7.14. The number of nitrogens with zero attached hydrogens (tertiary/aromatic N) is 2. The van der Waals surface area contributed by atoms with Crippen LogP contribution in [0.4, 0.5) is 0 Å². The van der Waals surface area contributed by atoms with Gasteiger partial charge in [0.15, 0.2) is 0 Å². The van der Waals surface area contributed by atoms with Crippen LogP contribution in [0.2, 0.25) is 12.1 Å². The van der Waals surface area contributed by atoms with E-state index in [1.165, 1.54) is 0 Å². The normalized spacial score (nSPS) is 12.6. The minimum atomic E-state index is -2.03. The highest BCUT2D eigenvalue weighted by Gasteiger charge is 2.34. The molecule has 19 heavy (non-hydrogen) atoms. The molecule has 0 aliphatic rings. The number of thiol groups is 1. The van der Waals surface area contributed by atoms with Crippen molar-refractivity contribution in [1.82, 2.24) is 9.80 Å². The molecule has 0 saturated carbocycles. The Kier molecular flexibility index (Phi) is 11.3. The monoisotopic (exact) mass is 308 g/mol. The molecule has 0 radical (unpaired) electrons. The smallest absolute Gasteiger partial charge is 0.337 e. The Morgan fingerprint density at radius 1 is 0.947 bits per heavy atom. The van der Waals surface area contributed by atoms with Crippen molar-refractivity contribution in [1.29, 1.82) is 0 Å². The molecular formula is C13H32N2O2SSi. The van der Waals surface area contributed by atoms with E-state index in [9.17, 15) is 0 Å². The third-order valence-corrected chi connectivity index (χ3v) is 7.03. The van der Waals surface area contributed by atoms with Crippen LogP contribution < -0.4 is 0 Å². The number of hydrogen-bond acceptors (Lipinski definition) is 5. The molecule has 4 nitrogen and oxygen atoms in total. The summed E-state index contributed by atoms with van der Waals surface area (Å²) in [6.07, 6.45) is 1.08. The summed E-state index contributed by atoms with van der Waals surface area (Å²) in [6.45, 7) is 5.62. The summed E-state index contributed by atoms with van der Waals surface area (Å²) < 4.78 is 12.4. The lowest BCUT2D eigenvalue weighted by Crippen LogP contribution is -2.44. The zero-order valence-electron chi connectivity index (χ0n) is 13.3. The summed E-state index contributed by atoms with van der Waals surface area (Å²) in [4.78, 5) is 4.29. The molecule has 0 unspecified atom stereocenters. The Morgan fingerprint density at radius 2 is 1.42 bits per heavy atom. The minimum Gasteiger partial charge on any atom is -0.393 e. The van der Waals surface area contributed by atoms with Crippen LogP contribution in [-0.2, 0) is 8.85 Å². The maximum Gasteiger partial charge on any atom is 0.337 e. The van der Waals surface area contributed by atoms with Gasteiger partial charge in [0.05, 0.1) is 0 Å². The number of likely N-dealkylation sites (N-methyl/N-ethyl adjacent to an activating group) is 2. The first kappa shape index (κ1) is 19.4. The molecule has 0 aromatic carbocycles.